The molecule has 206 valence electrons. The minimum absolute atomic E-state index is 0.00370. The summed E-state index contributed by atoms with van der Waals surface area (Å²) in [5.74, 6) is -0.0825. The minimum Gasteiger partial charge on any atom is -0.379 e. The molecule has 0 spiro atoms. The zero-order valence-corrected chi connectivity index (χ0v) is 22.7. The Morgan fingerprint density at radius 2 is 1.81 bits per heavy atom. The summed E-state index contributed by atoms with van der Waals surface area (Å²) in [6, 6.07) is 3.48. The maximum absolute atomic E-state index is 13.0. The Kier molecular flexibility index (Phi) is 9.78. The molecule has 4 rings (SSSR count). The Morgan fingerprint density at radius 3 is 2.49 bits per heavy atom. The van der Waals surface area contributed by atoms with Crippen molar-refractivity contribution in [3.8, 4) is 0 Å². The van der Waals surface area contributed by atoms with Crippen LogP contribution in [0.25, 0.3) is 0 Å². The molecule has 2 aliphatic heterocycles. The maximum atomic E-state index is 13.0. The van der Waals surface area contributed by atoms with Crippen LogP contribution in [0.3, 0.4) is 0 Å². The van der Waals surface area contributed by atoms with Crippen molar-refractivity contribution in [1.29, 1.82) is 0 Å². The summed E-state index contributed by atoms with van der Waals surface area (Å²) in [6.45, 7) is 11.5. The smallest absolute Gasteiger partial charge is 0.261 e. The third-order valence-electron chi connectivity index (χ3n) is 8.58. The normalized spacial score (nSPS) is 22.9. The fourth-order valence-corrected chi connectivity index (χ4v) is 6.41. The van der Waals surface area contributed by atoms with Gasteiger partial charge in [-0.2, -0.15) is 0 Å². The van der Waals surface area contributed by atoms with Gasteiger partial charge in [0.05, 0.1) is 19.1 Å². The quantitative estimate of drug-likeness (QED) is 0.524. The number of hydrogen-bond acceptors (Lipinski definition) is 6. The lowest BCUT2D eigenvalue weighted by molar-refractivity contribution is -0.137. The number of aromatic nitrogens is 1. The van der Waals surface area contributed by atoms with Crippen molar-refractivity contribution in [3.63, 3.8) is 0 Å². The van der Waals surface area contributed by atoms with Crippen molar-refractivity contribution >= 4 is 11.8 Å². The highest BCUT2D eigenvalue weighted by molar-refractivity contribution is 5.93. The number of morpholine rings is 1. The van der Waals surface area contributed by atoms with Gasteiger partial charge in [0.25, 0.3) is 11.5 Å². The molecule has 3 heterocycles. The number of carbonyl (C=O) groups excluding carboxylic acids is 2. The molecule has 3 aliphatic rings. The molecular formula is C28H45N5O4. The zero-order chi connectivity index (χ0) is 26.3. The molecule has 0 bridgehead atoms. The Hall–Kier alpha value is -2.23. The SMILES string of the molecule is CCN(CC)C(=O)C1CCCN(Cc2ccc(C(=O)NCC3(N4CCOCC4)CCCCC3)c(=O)[nH]2)C1. The predicted octanol–water partition coefficient (Wildman–Crippen LogP) is 2.22. The summed E-state index contributed by atoms with van der Waals surface area (Å²) < 4.78 is 5.55. The summed E-state index contributed by atoms with van der Waals surface area (Å²) in [6.07, 6.45) is 7.58. The second kappa shape index (κ2) is 13.0. The number of nitrogens with zero attached hydrogens (tertiary/aromatic N) is 3. The van der Waals surface area contributed by atoms with E-state index in [-0.39, 0.29) is 34.4 Å². The number of rotatable bonds is 9. The van der Waals surface area contributed by atoms with Gasteiger partial charge in [0.15, 0.2) is 0 Å². The molecule has 3 fully saturated rings. The molecule has 1 atom stereocenters. The van der Waals surface area contributed by atoms with Gasteiger partial charge in [0.1, 0.15) is 5.56 Å². The Balaban J connectivity index is 1.35. The van der Waals surface area contributed by atoms with Crippen LogP contribution >= 0.6 is 0 Å². The van der Waals surface area contributed by atoms with Gasteiger partial charge >= 0.3 is 0 Å². The van der Waals surface area contributed by atoms with Gasteiger partial charge in [-0.3, -0.25) is 24.2 Å². The number of ether oxygens (including phenoxy) is 1. The van der Waals surface area contributed by atoms with E-state index >= 15 is 0 Å². The van der Waals surface area contributed by atoms with E-state index < -0.39 is 0 Å². The highest BCUT2D eigenvalue weighted by Crippen LogP contribution is 2.34. The lowest BCUT2D eigenvalue weighted by Crippen LogP contribution is -2.59. The van der Waals surface area contributed by atoms with Gasteiger partial charge in [0.2, 0.25) is 5.91 Å². The average Bonchev–Trinajstić information content (AvgIpc) is 2.93. The highest BCUT2D eigenvalue weighted by atomic mass is 16.5. The molecule has 1 aliphatic carbocycles. The van der Waals surface area contributed by atoms with Gasteiger partial charge in [-0.1, -0.05) is 19.3 Å². The molecular weight excluding hydrogens is 470 g/mol. The van der Waals surface area contributed by atoms with E-state index in [0.717, 1.165) is 77.3 Å². The van der Waals surface area contributed by atoms with Crippen LogP contribution in [0, 0.1) is 5.92 Å². The number of pyridine rings is 1. The van der Waals surface area contributed by atoms with Gasteiger partial charge < -0.3 is 19.9 Å². The summed E-state index contributed by atoms with van der Waals surface area (Å²) in [7, 11) is 0. The van der Waals surface area contributed by atoms with Gasteiger partial charge in [-0.15, -0.1) is 0 Å². The molecule has 9 nitrogen and oxygen atoms in total. The van der Waals surface area contributed by atoms with Crippen molar-refractivity contribution in [2.45, 2.75) is 70.9 Å². The number of nitrogens with one attached hydrogen (secondary N) is 2. The van der Waals surface area contributed by atoms with Crippen LogP contribution < -0.4 is 10.9 Å². The molecule has 0 radical (unpaired) electrons. The van der Waals surface area contributed by atoms with E-state index in [1.165, 1.54) is 19.3 Å². The predicted molar refractivity (Wildman–Crippen MR) is 144 cm³/mol. The molecule has 2 saturated heterocycles. The van der Waals surface area contributed by atoms with E-state index in [0.29, 0.717) is 19.6 Å². The summed E-state index contributed by atoms with van der Waals surface area (Å²) in [5.41, 5.74) is 0.531. The van der Waals surface area contributed by atoms with Crippen molar-refractivity contribution < 1.29 is 14.3 Å². The molecule has 1 saturated carbocycles. The van der Waals surface area contributed by atoms with Crippen molar-refractivity contribution in [3.05, 3.63) is 33.7 Å². The number of likely N-dealkylation sites (tertiary alicyclic amines) is 1. The molecule has 1 aromatic rings. The molecule has 2 N–H and O–H groups in total. The number of amides is 2. The number of H-pyrrole nitrogens is 1. The number of piperidine rings is 1. The third kappa shape index (κ3) is 6.81. The first-order chi connectivity index (χ1) is 18.0. The van der Waals surface area contributed by atoms with E-state index in [1.807, 2.05) is 24.8 Å². The zero-order valence-electron chi connectivity index (χ0n) is 22.7. The molecule has 9 heteroatoms. The molecule has 2 amide bonds. The van der Waals surface area contributed by atoms with E-state index in [4.69, 9.17) is 4.74 Å². The van der Waals surface area contributed by atoms with Crippen LogP contribution in [0.2, 0.25) is 0 Å². The molecule has 37 heavy (non-hydrogen) atoms. The molecule has 0 aromatic carbocycles. The van der Waals surface area contributed by atoms with E-state index in [1.54, 1.807) is 6.07 Å². The van der Waals surface area contributed by atoms with Crippen LogP contribution in [0.4, 0.5) is 0 Å². The van der Waals surface area contributed by atoms with Crippen LogP contribution in [0.15, 0.2) is 16.9 Å². The monoisotopic (exact) mass is 515 g/mol. The molecule has 1 aromatic heterocycles. The van der Waals surface area contributed by atoms with Crippen molar-refractivity contribution in [1.82, 2.24) is 25.0 Å². The van der Waals surface area contributed by atoms with Gasteiger partial charge in [0, 0.05) is 57.0 Å². The standard InChI is InChI=1S/C28H45N5O4/c1-3-32(4-2)27(36)22-9-8-14-31(19-22)20-23-10-11-24(26(35)30-23)25(34)29-21-28(12-6-5-7-13-28)33-15-17-37-18-16-33/h10-11,22H,3-9,12-21H2,1-2H3,(H,29,34)(H,30,35). The number of aromatic amines is 1. The first-order valence-electron chi connectivity index (χ1n) is 14.3. The van der Waals surface area contributed by atoms with E-state index in [9.17, 15) is 14.4 Å². The summed E-state index contributed by atoms with van der Waals surface area (Å²) in [5, 5.41) is 3.09. The highest BCUT2D eigenvalue weighted by Gasteiger charge is 2.39. The average molecular weight is 516 g/mol. The summed E-state index contributed by atoms with van der Waals surface area (Å²) in [4.78, 5) is 48.3. The van der Waals surface area contributed by atoms with Crippen LogP contribution in [0.1, 0.15) is 74.8 Å². The number of hydrogen-bond donors (Lipinski definition) is 2. The van der Waals surface area contributed by atoms with Gasteiger partial charge in [-0.25, -0.2) is 0 Å². The van der Waals surface area contributed by atoms with E-state index in [2.05, 4.69) is 20.1 Å². The lowest BCUT2D eigenvalue weighted by atomic mass is 9.79. The molecule has 1 unspecified atom stereocenters. The first kappa shape index (κ1) is 27.8. The largest absolute Gasteiger partial charge is 0.379 e. The Morgan fingerprint density at radius 1 is 1.08 bits per heavy atom. The van der Waals surface area contributed by atoms with Crippen molar-refractivity contribution in [2.75, 3.05) is 59.0 Å². The Bertz CT molecular complexity index is 964. The fraction of sp³-hybridized carbons (Fsp3) is 0.750. The Labute approximate surface area is 220 Å². The summed E-state index contributed by atoms with van der Waals surface area (Å²) >= 11 is 0. The van der Waals surface area contributed by atoms with Gasteiger partial charge in [-0.05, 0) is 58.2 Å². The second-order valence-electron chi connectivity index (χ2n) is 10.9. The third-order valence-corrected chi connectivity index (χ3v) is 8.58. The maximum Gasteiger partial charge on any atom is 0.261 e. The van der Waals surface area contributed by atoms with Crippen LogP contribution in [-0.2, 0) is 16.1 Å². The first-order valence-corrected chi connectivity index (χ1v) is 14.3. The number of carbonyl (C=O) groups is 2. The van der Waals surface area contributed by atoms with Crippen molar-refractivity contribution in [2.24, 2.45) is 5.92 Å². The fourth-order valence-electron chi connectivity index (χ4n) is 6.41. The topological polar surface area (TPSA) is 98.0 Å². The van der Waals surface area contributed by atoms with Crippen LogP contribution in [0.5, 0.6) is 0 Å². The second-order valence-corrected chi connectivity index (χ2v) is 10.9. The van der Waals surface area contributed by atoms with Crippen LogP contribution in [-0.4, -0.2) is 96.1 Å². The lowest BCUT2D eigenvalue weighted by Gasteiger charge is -2.48. The minimum atomic E-state index is -0.355.